The number of hydrogen-bond acceptors (Lipinski definition) is 4. The van der Waals surface area contributed by atoms with E-state index in [2.05, 4.69) is 64.6 Å². The van der Waals surface area contributed by atoms with Crippen molar-refractivity contribution in [1.82, 2.24) is 0 Å². The standard InChI is InChI=1S/C45H58N4O2/c1-48(2,32-10-6-12-34-50-44-26-22-42(23-27-44)40-18-14-38(36-46)15-19-40)30-8-5-9-31-49(3,4)33-11-7-13-35-51-45-28-24-43(25-29-45)41-20-16-39(37-47)17-21-41/h14-29H,5-13,30-35H2,1-4H3/q+2. The maximum atomic E-state index is 8.99. The van der Waals surface area contributed by atoms with Gasteiger partial charge in [-0.1, -0.05) is 48.5 Å². The van der Waals surface area contributed by atoms with Crippen LogP contribution < -0.4 is 9.47 Å². The van der Waals surface area contributed by atoms with Gasteiger partial charge in [0.15, 0.2) is 0 Å². The smallest absolute Gasteiger partial charge is 0.119 e. The van der Waals surface area contributed by atoms with E-state index in [9.17, 15) is 0 Å². The monoisotopic (exact) mass is 686 g/mol. The molecule has 4 rings (SSSR count). The zero-order chi connectivity index (χ0) is 36.4. The minimum Gasteiger partial charge on any atom is -0.494 e. The summed E-state index contributed by atoms with van der Waals surface area (Å²) in [6.07, 6.45) is 10.9. The maximum Gasteiger partial charge on any atom is 0.119 e. The molecular formula is C45H58N4O2+2. The molecule has 0 unspecified atom stereocenters. The highest BCUT2D eigenvalue weighted by atomic mass is 16.5. The average Bonchev–Trinajstić information content (AvgIpc) is 3.15. The first-order valence-corrected chi connectivity index (χ1v) is 18.8. The predicted octanol–water partition coefficient (Wildman–Crippen LogP) is 9.89. The number of rotatable bonds is 22. The SMILES string of the molecule is C[N+](C)(CCCCCOc1ccc(-c2ccc(C#N)cc2)cc1)CCCCC[N+](C)(C)CCCCCOc1ccc(-c2ccc(C#N)cc2)cc1. The number of unbranched alkanes of at least 4 members (excludes halogenated alkanes) is 6. The van der Waals surface area contributed by atoms with Gasteiger partial charge in [-0.15, -0.1) is 0 Å². The lowest BCUT2D eigenvalue weighted by Crippen LogP contribution is -2.42. The average molecular weight is 687 g/mol. The zero-order valence-corrected chi connectivity index (χ0v) is 31.4. The number of quaternary nitrogens is 2. The van der Waals surface area contributed by atoms with E-state index in [0.717, 1.165) is 68.8 Å². The van der Waals surface area contributed by atoms with Crippen LogP contribution in [0.5, 0.6) is 11.5 Å². The quantitative estimate of drug-likeness (QED) is 0.0610. The van der Waals surface area contributed by atoms with E-state index < -0.39 is 0 Å². The first-order chi connectivity index (χ1) is 24.7. The molecule has 268 valence electrons. The van der Waals surface area contributed by atoms with Gasteiger partial charge in [-0.2, -0.15) is 10.5 Å². The molecule has 4 aromatic rings. The molecule has 0 amide bonds. The second-order valence-corrected chi connectivity index (χ2v) is 15.1. The van der Waals surface area contributed by atoms with Crippen molar-refractivity contribution in [3.8, 4) is 45.9 Å². The Balaban J connectivity index is 0.977. The molecule has 0 bridgehead atoms. The van der Waals surface area contributed by atoms with Crippen LogP contribution in [0.4, 0.5) is 0 Å². The topological polar surface area (TPSA) is 66.0 Å². The normalized spacial score (nSPS) is 11.5. The van der Waals surface area contributed by atoms with Crippen LogP contribution in [-0.4, -0.2) is 76.5 Å². The van der Waals surface area contributed by atoms with E-state index in [1.165, 1.54) is 71.1 Å². The molecule has 0 aliphatic rings. The largest absolute Gasteiger partial charge is 0.494 e. The molecule has 0 aromatic heterocycles. The number of ether oxygens (including phenoxy) is 2. The summed E-state index contributed by atoms with van der Waals surface area (Å²) in [6.45, 7) is 6.43. The van der Waals surface area contributed by atoms with Gasteiger partial charge in [0.25, 0.3) is 0 Å². The van der Waals surface area contributed by atoms with Gasteiger partial charge < -0.3 is 18.4 Å². The first kappa shape index (κ1) is 39.2. The molecule has 6 nitrogen and oxygen atoms in total. The fourth-order valence-electron chi connectivity index (χ4n) is 6.46. The van der Waals surface area contributed by atoms with Crippen LogP contribution in [0.25, 0.3) is 22.3 Å². The Hall–Kier alpha value is -4.62. The Morgan fingerprint density at radius 3 is 0.961 bits per heavy atom. The highest BCUT2D eigenvalue weighted by Crippen LogP contribution is 2.24. The van der Waals surface area contributed by atoms with E-state index in [4.69, 9.17) is 20.0 Å². The van der Waals surface area contributed by atoms with Crippen molar-refractivity contribution in [2.75, 3.05) is 67.6 Å². The summed E-state index contributed by atoms with van der Waals surface area (Å²) in [4.78, 5) is 0. The number of nitrogens with zero attached hydrogens (tertiary/aromatic N) is 4. The summed E-state index contributed by atoms with van der Waals surface area (Å²) in [5, 5.41) is 18.0. The molecule has 0 fully saturated rings. The Morgan fingerprint density at radius 1 is 0.392 bits per heavy atom. The van der Waals surface area contributed by atoms with Crippen LogP contribution in [0.3, 0.4) is 0 Å². The third-order valence-electron chi connectivity index (χ3n) is 9.78. The van der Waals surface area contributed by atoms with Crippen LogP contribution >= 0.6 is 0 Å². The van der Waals surface area contributed by atoms with Crippen molar-refractivity contribution < 1.29 is 18.4 Å². The third kappa shape index (κ3) is 14.3. The van der Waals surface area contributed by atoms with Gasteiger partial charge in [-0.05, 0) is 129 Å². The Labute approximate surface area is 307 Å². The van der Waals surface area contributed by atoms with Crippen LogP contribution in [0.2, 0.25) is 0 Å². The molecule has 0 saturated carbocycles. The van der Waals surface area contributed by atoms with E-state index in [1.54, 1.807) is 0 Å². The van der Waals surface area contributed by atoms with Crippen molar-refractivity contribution in [2.45, 2.75) is 57.8 Å². The van der Waals surface area contributed by atoms with Gasteiger partial charge in [-0.3, -0.25) is 0 Å². The Kier molecular flexibility index (Phi) is 15.6. The summed E-state index contributed by atoms with van der Waals surface area (Å²) in [6, 6.07) is 36.2. The third-order valence-corrected chi connectivity index (χ3v) is 9.78. The van der Waals surface area contributed by atoms with Crippen molar-refractivity contribution in [3.63, 3.8) is 0 Å². The second-order valence-electron chi connectivity index (χ2n) is 15.1. The molecule has 0 spiro atoms. The van der Waals surface area contributed by atoms with E-state index in [1.807, 2.05) is 72.8 Å². The van der Waals surface area contributed by atoms with Crippen LogP contribution in [0.15, 0.2) is 97.1 Å². The molecule has 0 saturated heterocycles. The van der Waals surface area contributed by atoms with Gasteiger partial charge in [0.2, 0.25) is 0 Å². The Morgan fingerprint density at radius 2 is 0.667 bits per heavy atom. The lowest BCUT2D eigenvalue weighted by atomic mass is 10.0. The number of benzene rings is 4. The molecule has 6 heteroatoms. The van der Waals surface area contributed by atoms with Gasteiger partial charge >= 0.3 is 0 Å². The van der Waals surface area contributed by atoms with E-state index in [0.29, 0.717) is 11.1 Å². The summed E-state index contributed by atoms with van der Waals surface area (Å²) in [5.74, 6) is 1.83. The molecule has 0 heterocycles. The Bertz CT molecular complexity index is 1540. The molecule has 4 aromatic carbocycles. The minimum atomic E-state index is 0.680. The molecule has 0 N–H and O–H groups in total. The highest BCUT2D eigenvalue weighted by Gasteiger charge is 2.16. The van der Waals surface area contributed by atoms with Crippen LogP contribution in [-0.2, 0) is 0 Å². The molecular weight excluding hydrogens is 629 g/mol. The summed E-state index contributed by atoms with van der Waals surface area (Å²) in [7, 11) is 9.51. The van der Waals surface area contributed by atoms with E-state index in [-0.39, 0.29) is 0 Å². The van der Waals surface area contributed by atoms with Crippen molar-refractivity contribution in [2.24, 2.45) is 0 Å². The molecule has 51 heavy (non-hydrogen) atoms. The second kappa shape index (κ2) is 20.3. The lowest BCUT2D eigenvalue weighted by Gasteiger charge is -2.31. The lowest BCUT2D eigenvalue weighted by molar-refractivity contribution is -0.892. The number of hydrogen-bond donors (Lipinski definition) is 0. The van der Waals surface area contributed by atoms with Crippen molar-refractivity contribution in [1.29, 1.82) is 10.5 Å². The zero-order valence-electron chi connectivity index (χ0n) is 31.4. The first-order valence-electron chi connectivity index (χ1n) is 18.8. The van der Waals surface area contributed by atoms with Crippen LogP contribution in [0, 0.1) is 22.7 Å². The summed E-state index contributed by atoms with van der Waals surface area (Å²) >= 11 is 0. The summed E-state index contributed by atoms with van der Waals surface area (Å²) < 4.78 is 14.2. The number of nitriles is 2. The van der Waals surface area contributed by atoms with Crippen molar-refractivity contribution in [3.05, 3.63) is 108 Å². The molecule has 0 aliphatic carbocycles. The fraction of sp³-hybridized carbons (Fsp3) is 0.422. The fourth-order valence-corrected chi connectivity index (χ4v) is 6.46. The molecule has 0 atom stereocenters. The van der Waals surface area contributed by atoms with Crippen LogP contribution in [0.1, 0.15) is 68.9 Å². The molecule has 0 radical (unpaired) electrons. The highest BCUT2D eigenvalue weighted by molar-refractivity contribution is 5.65. The minimum absolute atomic E-state index is 0.680. The van der Waals surface area contributed by atoms with Crippen molar-refractivity contribution >= 4 is 0 Å². The predicted molar refractivity (Wildman–Crippen MR) is 209 cm³/mol. The van der Waals surface area contributed by atoms with E-state index >= 15 is 0 Å². The maximum absolute atomic E-state index is 8.99. The van der Waals surface area contributed by atoms with Gasteiger partial charge in [0, 0.05) is 0 Å². The van der Waals surface area contributed by atoms with Gasteiger partial charge in [0.1, 0.15) is 11.5 Å². The van der Waals surface area contributed by atoms with Gasteiger partial charge in [0.05, 0.1) is 90.8 Å². The molecule has 0 aliphatic heterocycles. The van der Waals surface area contributed by atoms with Gasteiger partial charge in [-0.25, -0.2) is 0 Å². The summed E-state index contributed by atoms with van der Waals surface area (Å²) in [5.41, 5.74) is 5.83.